The number of carbonyl (C=O) groups excluding carboxylic acids is 1. The van der Waals surface area contributed by atoms with Crippen molar-refractivity contribution >= 4 is 11.6 Å². The second kappa shape index (κ2) is 6.79. The van der Waals surface area contributed by atoms with E-state index < -0.39 is 0 Å². The van der Waals surface area contributed by atoms with Gasteiger partial charge in [0.25, 0.3) is 5.91 Å². The SMILES string of the molecule is COCCC(C)(C)CNC(=O)c1cc(N)cn1C(C)C. The van der Waals surface area contributed by atoms with E-state index in [1.807, 2.05) is 18.4 Å². The number of ether oxygens (including phenoxy) is 1. The van der Waals surface area contributed by atoms with Crippen LogP contribution >= 0.6 is 0 Å². The third-order valence-corrected chi connectivity index (χ3v) is 3.37. The van der Waals surface area contributed by atoms with Crippen molar-refractivity contribution in [1.29, 1.82) is 0 Å². The van der Waals surface area contributed by atoms with Crippen LogP contribution in [0.15, 0.2) is 12.3 Å². The molecule has 0 radical (unpaired) electrons. The molecular formula is C15H27N3O2. The van der Waals surface area contributed by atoms with E-state index in [1.54, 1.807) is 19.4 Å². The molecule has 5 heteroatoms. The van der Waals surface area contributed by atoms with Gasteiger partial charge in [0.2, 0.25) is 0 Å². The highest BCUT2D eigenvalue weighted by atomic mass is 16.5. The van der Waals surface area contributed by atoms with Gasteiger partial charge < -0.3 is 20.4 Å². The number of nitrogens with one attached hydrogen (secondary N) is 1. The molecule has 5 nitrogen and oxygen atoms in total. The number of hydrogen-bond donors (Lipinski definition) is 2. The van der Waals surface area contributed by atoms with Gasteiger partial charge in [0.15, 0.2) is 0 Å². The molecule has 0 fully saturated rings. The quantitative estimate of drug-likeness (QED) is 0.806. The number of hydrogen-bond acceptors (Lipinski definition) is 3. The molecule has 0 aliphatic rings. The van der Waals surface area contributed by atoms with Gasteiger partial charge in [-0.1, -0.05) is 13.8 Å². The molecule has 0 saturated heterocycles. The summed E-state index contributed by atoms with van der Waals surface area (Å²) in [6.45, 7) is 9.58. The average molecular weight is 281 g/mol. The summed E-state index contributed by atoms with van der Waals surface area (Å²) < 4.78 is 6.99. The third-order valence-electron chi connectivity index (χ3n) is 3.37. The molecule has 20 heavy (non-hydrogen) atoms. The van der Waals surface area contributed by atoms with Crippen molar-refractivity contribution in [3.63, 3.8) is 0 Å². The van der Waals surface area contributed by atoms with Crippen LogP contribution in [0.2, 0.25) is 0 Å². The Bertz CT molecular complexity index is 450. The topological polar surface area (TPSA) is 69.3 Å². The van der Waals surface area contributed by atoms with Crippen molar-refractivity contribution < 1.29 is 9.53 Å². The van der Waals surface area contributed by atoms with E-state index in [-0.39, 0.29) is 17.4 Å². The molecule has 0 spiro atoms. The second-order valence-corrected chi connectivity index (χ2v) is 6.25. The molecule has 114 valence electrons. The Morgan fingerprint density at radius 2 is 2.15 bits per heavy atom. The van der Waals surface area contributed by atoms with Gasteiger partial charge in [-0.15, -0.1) is 0 Å². The molecule has 1 aromatic heterocycles. The number of rotatable bonds is 7. The Labute approximate surface area is 121 Å². The molecule has 0 saturated carbocycles. The molecule has 0 aliphatic carbocycles. The minimum absolute atomic E-state index is 0.00642. The molecule has 3 N–H and O–H groups in total. The van der Waals surface area contributed by atoms with Crippen molar-refractivity contribution in [3.8, 4) is 0 Å². The first kappa shape index (κ1) is 16.6. The molecule has 0 aliphatic heterocycles. The highest BCUT2D eigenvalue weighted by molar-refractivity contribution is 5.93. The zero-order chi connectivity index (χ0) is 15.3. The average Bonchev–Trinajstić information content (AvgIpc) is 2.76. The van der Waals surface area contributed by atoms with Crippen LogP contribution in [0.1, 0.15) is 50.6 Å². The Morgan fingerprint density at radius 1 is 1.50 bits per heavy atom. The van der Waals surface area contributed by atoms with Crippen molar-refractivity contribution in [2.75, 3.05) is 26.0 Å². The van der Waals surface area contributed by atoms with Gasteiger partial charge in [0.05, 0.1) is 5.69 Å². The highest BCUT2D eigenvalue weighted by Crippen LogP contribution is 2.20. The minimum atomic E-state index is -0.0825. The van der Waals surface area contributed by atoms with Crippen LogP contribution in [-0.2, 0) is 4.74 Å². The second-order valence-electron chi connectivity index (χ2n) is 6.25. The summed E-state index contributed by atoms with van der Waals surface area (Å²) in [4.78, 5) is 12.3. The molecule has 1 heterocycles. The van der Waals surface area contributed by atoms with E-state index in [0.717, 1.165) is 6.42 Å². The van der Waals surface area contributed by atoms with E-state index >= 15 is 0 Å². The maximum absolute atomic E-state index is 12.3. The zero-order valence-corrected chi connectivity index (χ0v) is 13.2. The number of methoxy groups -OCH3 is 1. The van der Waals surface area contributed by atoms with Crippen LogP contribution in [-0.4, -0.2) is 30.7 Å². The van der Waals surface area contributed by atoms with Gasteiger partial charge in [0.1, 0.15) is 5.69 Å². The number of nitrogens with zero attached hydrogens (tertiary/aromatic N) is 1. The Hall–Kier alpha value is -1.49. The lowest BCUT2D eigenvalue weighted by Gasteiger charge is -2.24. The normalized spacial score (nSPS) is 11.9. The lowest BCUT2D eigenvalue weighted by Crippen LogP contribution is -2.35. The minimum Gasteiger partial charge on any atom is -0.397 e. The van der Waals surface area contributed by atoms with Gasteiger partial charge in [0, 0.05) is 32.5 Å². The van der Waals surface area contributed by atoms with E-state index in [1.165, 1.54) is 0 Å². The van der Waals surface area contributed by atoms with Crippen molar-refractivity contribution in [2.24, 2.45) is 5.41 Å². The zero-order valence-electron chi connectivity index (χ0n) is 13.2. The predicted octanol–water partition coefficient (Wildman–Crippen LogP) is 2.44. The lowest BCUT2D eigenvalue weighted by atomic mass is 9.89. The van der Waals surface area contributed by atoms with Crippen LogP contribution < -0.4 is 11.1 Å². The first-order valence-electron chi connectivity index (χ1n) is 7.01. The van der Waals surface area contributed by atoms with Crippen LogP contribution in [0, 0.1) is 5.41 Å². The van der Waals surface area contributed by atoms with E-state index in [9.17, 15) is 4.79 Å². The molecule has 1 rings (SSSR count). The summed E-state index contributed by atoms with van der Waals surface area (Å²) in [6.07, 6.45) is 2.70. The molecule has 0 atom stereocenters. The first-order chi connectivity index (χ1) is 9.26. The molecule has 0 aromatic carbocycles. The summed E-state index contributed by atoms with van der Waals surface area (Å²) in [6, 6.07) is 1.92. The fraction of sp³-hybridized carbons (Fsp3) is 0.667. The number of amides is 1. The van der Waals surface area contributed by atoms with Crippen LogP contribution in [0.3, 0.4) is 0 Å². The summed E-state index contributed by atoms with van der Waals surface area (Å²) in [5, 5.41) is 2.99. The lowest BCUT2D eigenvalue weighted by molar-refractivity contribution is 0.0910. The van der Waals surface area contributed by atoms with Gasteiger partial charge in [-0.05, 0) is 31.7 Å². The summed E-state index contributed by atoms with van der Waals surface area (Å²) in [7, 11) is 1.69. The Morgan fingerprint density at radius 3 is 2.70 bits per heavy atom. The number of aromatic nitrogens is 1. The summed E-state index contributed by atoms with van der Waals surface area (Å²) in [5.41, 5.74) is 7.02. The standard InChI is InChI=1S/C15H27N3O2/c1-11(2)18-9-12(16)8-13(18)14(19)17-10-15(3,4)6-7-20-5/h8-9,11H,6-7,10,16H2,1-5H3,(H,17,19). The van der Waals surface area contributed by atoms with E-state index in [2.05, 4.69) is 19.2 Å². The van der Waals surface area contributed by atoms with Crippen LogP contribution in [0.25, 0.3) is 0 Å². The maximum Gasteiger partial charge on any atom is 0.268 e. The molecule has 1 amide bonds. The maximum atomic E-state index is 12.3. The molecule has 1 aromatic rings. The van der Waals surface area contributed by atoms with Crippen LogP contribution in [0.4, 0.5) is 5.69 Å². The van der Waals surface area contributed by atoms with Gasteiger partial charge in [-0.2, -0.15) is 0 Å². The van der Waals surface area contributed by atoms with Gasteiger partial charge in [-0.25, -0.2) is 0 Å². The molecule has 0 bridgehead atoms. The smallest absolute Gasteiger partial charge is 0.268 e. The van der Waals surface area contributed by atoms with Crippen molar-refractivity contribution in [1.82, 2.24) is 9.88 Å². The van der Waals surface area contributed by atoms with Gasteiger partial charge in [-0.3, -0.25) is 4.79 Å². The number of nitrogens with two attached hydrogens (primary N) is 1. The highest BCUT2D eigenvalue weighted by Gasteiger charge is 2.21. The summed E-state index contributed by atoms with van der Waals surface area (Å²) >= 11 is 0. The fourth-order valence-corrected chi connectivity index (χ4v) is 1.99. The van der Waals surface area contributed by atoms with Crippen molar-refractivity contribution in [3.05, 3.63) is 18.0 Å². The predicted molar refractivity (Wildman–Crippen MR) is 81.8 cm³/mol. The first-order valence-corrected chi connectivity index (χ1v) is 7.01. The number of anilines is 1. The Kier molecular flexibility index (Phi) is 5.62. The fourth-order valence-electron chi connectivity index (χ4n) is 1.99. The Balaban J connectivity index is 2.68. The third kappa shape index (κ3) is 4.56. The van der Waals surface area contributed by atoms with E-state index in [0.29, 0.717) is 24.5 Å². The largest absolute Gasteiger partial charge is 0.397 e. The summed E-state index contributed by atoms with van der Waals surface area (Å²) in [5.74, 6) is -0.0825. The van der Waals surface area contributed by atoms with Crippen molar-refractivity contribution in [2.45, 2.75) is 40.2 Å². The molecule has 0 unspecified atom stereocenters. The molecular weight excluding hydrogens is 254 g/mol. The van der Waals surface area contributed by atoms with Gasteiger partial charge >= 0.3 is 0 Å². The monoisotopic (exact) mass is 281 g/mol. The van der Waals surface area contributed by atoms with E-state index in [4.69, 9.17) is 10.5 Å². The number of nitrogen functional groups attached to an aromatic ring is 1. The van der Waals surface area contributed by atoms with Crippen LogP contribution in [0.5, 0.6) is 0 Å². The number of carbonyl (C=O) groups is 1.